The molecule has 7 heteroatoms. The van der Waals surface area contributed by atoms with Crippen LogP contribution < -0.4 is 5.32 Å². The molecule has 2 aromatic heterocycles. The summed E-state index contributed by atoms with van der Waals surface area (Å²) in [5.74, 6) is 1.30. The molecule has 1 atom stereocenters. The van der Waals surface area contributed by atoms with Crippen LogP contribution in [0, 0.1) is 5.92 Å². The van der Waals surface area contributed by atoms with Crippen LogP contribution in [0.3, 0.4) is 0 Å². The average Bonchev–Trinajstić information content (AvgIpc) is 3.03. The van der Waals surface area contributed by atoms with Gasteiger partial charge in [0.1, 0.15) is 0 Å². The van der Waals surface area contributed by atoms with Crippen LogP contribution in [0.1, 0.15) is 38.3 Å². The molecule has 0 saturated carbocycles. The van der Waals surface area contributed by atoms with Crippen LogP contribution in [0.4, 0.5) is 10.9 Å². The summed E-state index contributed by atoms with van der Waals surface area (Å²) < 4.78 is 0. The Hall–Kier alpha value is -2.02. The van der Waals surface area contributed by atoms with Crippen molar-refractivity contribution in [3.63, 3.8) is 0 Å². The fourth-order valence-corrected chi connectivity index (χ4v) is 3.59. The molecule has 0 radical (unpaired) electrons. The smallest absolute Gasteiger partial charge is 0.225 e. The molecule has 122 valence electrons. The molecule has 3 heterocycles. The molecule has 0 aromatic carbocycles. The topological polar surface area (TPSA) is 71.0 Å². The number of hydrogen-bond donors (Lipinski definition) is 1. The summed E-state index contributed by atoms with van der Waals surface area (Å²) in [6, 6.07) is 0. The number of amides is 1. The van der Waals surface area contributed by atoms with E-state index in [0.717, 1.165) is 36.8 Å². The third-order valence-corrected chi connectivity index (χ3v) is 4.74. The minimum absolute atomic E-state index is 0.0538. The highest BCUT2D eigenvalue weighted by Gasteiger charge is 2.27. The van der Waals surface area contributed by atoms with E-state index in [0.29, 0.717) is 11.7 Å². The lowest BCUT2D eigenvalue weighted by atomic mass is 9.94. The number of carbonyl (C=O) groups excluding carboxylic acids is 1. The summed E-state index contributed by atoms with van der Waals surface area (Å²) in [5, 5.41) is 6.06. The number of carbonyl (C=O) groups is 1. The Morgan fingerprint density at radius 2 is 2.30 bits per heavy atom. The van der Waals surface area contributed by atoms with Gasteiger partial charge in [-0.15, -0.1) is 11.3 Å². The van der Waals surface area contributed by atoms with Crippen molar-refractivity contribution in [1.82, 2.24) is 19.9 Å². The fourth-order valence-electron chi connectivity index (χ4n) is 2.79. The maximum atomic E-state index is 12.2. The minimum atomic E-state index is 0.0538. The van der Waals surface area contributed by atoms with Gasteiger partial charge in [0, 0.05) is 42.7 Å². The molecule has 1 saturated heterocycles. The molecule has 6 nitrogen and oxygen atoms in total. The Bertz CT molecular complexity index is 658. The second kappa shape index (κ2) is 7.04. The molecule has 0 bridgehead atoms. The van der Waals surface area contributed by atoms with Crippen LogP contribution in [0.5, 0.6) is 0 Å². The first-order valence-electron chi connectivity index (χ1n) is 7.90. The summed E-state index contributed by atoms with van der Waals surface area (Å²) in [4.78, 5) is 27.1. The van der Waals surface area contributed by atoms with Crippen LogP contribution in [0.2, 0.25) is 0 Å². The van der Waals surface area contributed by atoms with Crippen molar-refractivity contribution in [1.29, 1.82) is 0 Å². The summed E-state index contributed by atoms with van der Waals surface area (Å²) >= 11 is 1.56. The molecular weight excluding hydrogens is 310 g/mol. The number of nitrogens with one attached hydrogen (secondary N) is 1. The van der Waals surface area contributed by atoms with Gasteiger partial charge < -0.3 is 10.2 Å². The molecule has 0 unspecified atom stereocenters. The van der Waals surface area contributed by atoms with Gasteiger partial charge in [-0.3, -0.25) is 9.78 Å². The molecule has 1 aliphatic rings. The first kappa shape index (κ1) is 15.9. The van der Waals surface area contributed by atoms with E-state index in [1.165, 1.54) is 0 Å². The molecular formula is C16H21N5OS. The van der Waals surface area contributed by atoms with E-state index < -0.39 is 0 Å². The highest BCUT2D eigenvalue weighted by atomic mass is 32.1. The van der Waals surface area contributed by atoms with Crippen LogP contribution in [-0.4, -0.2) is 38.8 Å². The van der Waals surface area contributed by atoms with Gasteiger partial charge in [-0.05, 0) is 12.8 Å². The van der Waals surface area contributed by atoms with Crippen molar-refractivity contribution < 1.29 is 4.79 Å². The zero-order valence-corrected chi connectivity index (χ0v) is 14.2. The van der Waals surface area contributed by atoms with Gasteiger partial charge in [-0.25, -0.2) is 9.97 Å². The fraction of sp³-hybridized carbons (Fsp3) is 0.500. The number of anilines is 2. The third-order valence-electron chi connectivity index (χ3n) is 3.97. The van der Waals surface area contributed by atoms with E-state index in [1.807, 2.05) is 18.7 Å². The summed E-state index contributed by atoms with van der Waals surface area (Å²) in [5.41, 5.74) is 1.06. The van der Waals surface area contributed by atoms with Crippen molar-refractivity contribution in [2.24, 2.45) is 5.92 Å². The lowest BCUT2D eigenvalue weighted by Gasteiger charge is -2.33. The summed E-state index contributed by atoms with van der Waals surface area (Å²) in [7, 11) is 0. The monoisotopic (exact) mass is 331 g/mol. The zero-order chi connectivity index (χ0) is 16.2. The lowest BCUT2D eigenvalue weighted by molar-refractivity contribution is -0.135. The Morgan fingerprint density at radius 3 is 3.04 bits per heavy atom. The average molecular weight is 331 g/mol. The second-order valence-electron chi connectivity index (χ2n) is 6.07. The predicted molar refractivity (Wildman–Crippen MR) is 90.8 cm³/mol. The van der Waals surface area contributed by atoms with Crippen molar-refractivity contribution in [3.8, 4) is 0 Å². The van der Waals surface area contributed by atoms with Gasteiger partial charge in [-0.2, -0.15) is 0 Å². The van der Waals surface area contributed by atoms with Crippen molar-refractivity contribution >= 4 is 28.2 Å². The Kier molecular flexibility index (Phi) is 4.85. The van der Waals surface area contributed by atoms with Gasteiger partial charge in [0.25, 0.3) is 0 Å². The molecule has 2 aromatic rings. The molecule has 1 N–H and O–H groups in total. The molecule has 0 aliphatic carbocycles. The maximum Gasteiger partial charge on any atom is 0.225 e. The number of thiazole rings is 1. The molecule has 3 rings (SSSR count). The summed E-state index contributed by atoms with van der Waals surface area (Å²) in [6.07, 6.45) is 7.07. The molecule has 1 amide bonds. The minimum Gasteiger partial charge on any atom is -0.342 e. The Morgan fingerprint density at radius 1 is 1.43 bits per heavy atom. The highest BCUT2D eigenvalue weighted by molar-refractivity contribution is 7.13. The normalized spacial score (nSPS) is 18.2. The molecule has 0 spiro atoms. The van der Waals surface area contributed by atoms with E-state index in [2.05, 4.69) is 25.6 Å². The number of nitrogens with zero attached hydrogens (tertiary/aromatic N) is 4. The van der Waals surface area contributed by atoms with Gasteiger partial charge in [0.15, 0.2) is 10.9 Å². The second-order valence-corrected chi connectivity index (χ2v) is 6.93. The third kappa shape index (κ3) is 3.85. The largest absolute Gasteiger partial charge is 0.342 e. The SMILES string of the molecule is CC(C)C(=O)N1CCC[C@H](c2csc(Nc3cnccn3)n2)C1. The first-order chi connectivity index (χ1) is 11.1. The summed E-state index contributed by atoms with van der Waals surface area (Å²) in [6.45, 7) is 5.54. The van der Waals surface area contributed by atoms with Crippen LogP contribution in [-0.2, 0) is 4.79 Å². The van der Waals surface area contributed by atoms with E-state index in [-0.39, 0.29) is 11.8 Å². The van der Waals surface area contributed by atoms with Crippen LogP contribution in [0.25, 0.3) is 0 Å². The number of piperidine rings is 1. The number of likely N-dealkylation sites (tertiary alicyclic amines) is 1. The van der Waals surface area contributed by atoms with Gasteiger partial charge in [0.05, 0.1) is 11.9 Å². The quantitative estimate of drug-likeness (QED) is 0.932. The van der Waals surface area contributed by atoms with Crippen molar-refractivity contribution in [2.45, 2.75) is 32.6 Å². The van der Waals surface area contributed by atoms with Crippen LogP contribution in [0.15, 0.2) is 24.0 Å². The predicted octanol–water partition coefficient (Wildman–Crippen LogP) is 3.04. The van der Waals surface area contributed by atoms with E-state index in [1.54, 1.807) is 29.9 Å². The molecule has 23 heavy (non-hydrogen) atoms. The van der Waals surface area contributed by atoms with Gasteiger partial charge >= 0.3 is 0 Å². The standard InChI is InChI=1S/C16H21N5OS/c1-11(2)15(22)21-7-3-4-12(9-21)13-10-23-16(19-13)20-14-8-17-5-6-18-14/h5-6,8,10-12H,3-4,7,9H2,1-2H3,(H,18,19,20)/t12-/m0/s1. The first-order valence-corrected chi connectivity index (χ1v) is 8.78. The lowest BCUT2D eigenvalue weighted by Crippen LogP contribution is -2.41. The number of aromatic nitrogens is 3. The molecule has 1 fully saturated rings. The van der Waals surface area contributed by atoms with Crippen molar-refractivity contribution in [3.05, 3.63) is 29.7 Å². The maximum absolute atomic E-state index is 12.2. The number of rotatable bonds is 4. The van der Waals surface area contributed by atoms with Gasteiger partial charge in [0.2, 0.25) is 5.91 Å². The van der Waals surface area contributed by atoms with Crippen LogP contribution >= 0.6 is 11.3 Å². The number of hydrogen-bond acceptors (Lipinski definition) is 6. The molecule has 1 aliphatic heterocycles. The Labute approximate surface area is 140 Å². The highest BCUT2D eigenvalue weighted by Crippen LogP contribution is 2.30. The van der Waals surface area contributed by atoms with Crippen molar-refractivity contribution in [2.75, 3.05) is 18.4 Å². The van der Waals surface area contributed by atoms with E-state index >= 15 is 0 Å². The van der Waals surface area contributed by atoms with Gasteiger partial charge in [-0.1, -0.05) is 13.8 Å². The Balaban J connectivity index is 1.66. The zero-order valence-electron chi connectivity index (χ0n) is 13.4. The van der Waals surface area contributed by atoms with E-state index in [9.17, 15) is 4.79 Å². The van der Waals surface area contributed by atoms with E-state index in [4.69, 9.17) is 0 Å².